The zero-order valence-corrected chi connectivity index (χ0v) is 15.0. The maximum atomic E-state index is 10.6. The Balaban J connectivity index is 1.94. The number of rotatable bonds is 1. The Bertz CT molecular complexity index is 693. The molecule has 2 atom stereocenters. The zero-order chi connectivity index (χ0) is 16.1. The van der Waals surface area contributed by atoms with Crippen LogP contribution in [-0.2, 0) is 7.05 Å². The highest BCUT2D eigenvalue weighted by Crippen LogP contribution is 2.37. The van der Waals surface area contributed by atoms with E-state index < -0.39 is 0 Å². The Morgan fingerprint density at radius 1 is 1.32 bits per heavy atom. The van der Waals surface area contributed by atoms with Crippen molar-refractivity contribution >= 4 is 32.8 Å². The number of hydrogen-bond acceptors (Lipinski definition) is 5. The number of aliphatic hydroxyl groups is 1. The molecule has 1 fully saturated rings. The molecular weight excluding hydrogens is 346 g/mol. The van der Waals surface area contributed by atoms with Gasteiger partial charge in [0.25, 0.3) is 0 Å². The van der Waals surface area contributed by atoms with E-state index in [1.807, 2.05) is 7.05 Å². The summed E-state index contributed by atoms with van der Waals surface area (Å²) in [6.45, 7) is 8.05. The van der Waals surface area contributed by atoms with Crippen LogP contribution >= 0.6 is 15.9 Å². The molecule has 120 valence electrons. The SMILES string of the molecule is Cn1nc(Br)c2c(N3CC[C@@H](C(C)(C)C)[C@H](O)C3)ncnc21. The number of β-amino-alcohol motifs (C(OH)–C–C–N with tert-alkyl or cyclic N) is 1. The second-order valence-corrected chi connectivity index (χ2v) is 7.84. The summed E-state index contributed by atoms with van der Waals surface area (Å²) in [5.74, 6) is 1.15. The third-order valence-electron chi connectivity index (χ3n) is 4.55. The number of aromatic nitrogens is 4. The molecule has 0 amide bonds. The number of fused-ring (bicyclic) bond motifs is 1. The molecule has 2 aromatic rings. The molecule has 0 saturated carbocycles. The number of piperidine rings is 1. The van der Waals surface area contributed by atoms with Crippen LogP contribution in [0.5, 0.6) is 0 Å². The first-order valence-electron chi connectivity index (χ1n) is 7.55. The second kappa shape index (κ2) is 5.45. The van der Waals surface area contributed by atoms with Crippen molar-refractivity contribution in [2.45, 2.75) is 33.3 Å². The molecule has 1 saturated heterocycles. The molecule has 0 aliphatic carbocycles. The summed E-state index contributed by atoms with van der Waals surface area (Å²) in [5, 5.41) is 15.8. The second-order valence-electron chi connectivity index (χ2n) is 7.08. The molecule has 0 spiro atoms. The van der Waals surface area contributed by atoms with Gasteiger partial charge in [0.05, 0.1) is 11.5 Å². The largest absolute Gasteiger partial charge is 0.391 e. The summed E-state index contributed by atoms with van der Waals surface area (Å²) in [4.78, 5) is 10.9. The summed E-state index contributed by atoms with van der Waals surface area (Å²) in [6, 6.07) is 0. The van der Waals surface area contributed by atoms with Crippen molar-refractivity contribution in [1.29, 1.82) is 0 Å². The monoisotopic (exact) mass is 367 g/mol. The highest BCUT2D eigenvalue weighted by Gasteiger charge is 2.36. The molecule has 1 aliphatic rings. The minimum Gasteiger partial charge on any atom is -0.391 e. The van der Waals surface area contributed by atoms with E-state index in [1.54, 1.807) is 11.0 Å². The van der Waals surface area contributed by atoms with Gasteiger partial charge in [0, 0.05) is 20.1 Å². The van der Waals surface area contributed by atoms with Gasteiger partial charge < -0.3 is 10.0 Å². The van der Waals surface area contributed by atoms with E-state index in [2.05, 4.69) is 56.7 Å². The third-order valence-corrected chi connectivity index (χ3v) is 5.11. The number of nitrogens with zero attached hydrogens (tertiary/aromatic N) is 5. The van der Waals surface area contributed by atoms with Gasteiger partial charge in [-0.05, 0) is 33.7 Å². The Labute approximate surface area is 138 Å². The van der Waals surface area contributed by atoms with Gasteiger partial charge >= 0.3 is 0 Å². The highest BCUT2D eigenvalue weighted by molar-refractivity contribution is 9.10. The molecule has 2 aromatic heterocycles. The van der Waals surface area contributed by atoms with Crippen molar-refractivity contribution in [3.63, 3.8) is 0 Å². The lowest BCUT2D eigenvalue weighted by Crippen LogP contribution is -2.48. The van der Waals surface area contributed by atoms with Crippen molar-refractivity contribution < 1.29 is 5.11 Å². The molecule has 3 rings (SSSR count). The van der Waals surface area contributed by atoms with Gasteiger partial charge in [-0.25, -0.2) is 14.6 Å². The van der Waals surface area contributed by atoms with Crippen molar-refractivity contribution in [3.8, 4) is 0 Å². The number of anilines is 1. The number of halogens is 1. The number of aryl methyl sites for hydroxylation is 1. The van der Waals surface area contributed by atoms with E-state index in [0.29, 0.717) is 12.5 Å². The molecule has 0 radical (unpaired) electrons. The molecule has 1 N–H and O–H groups in total. The Kier molecular flexibility index (Phi) is 3.89. The fourth-order valence-corrected chi connectivity index (χ4v) is 3.99. The molecule has 0 aromatic carbocycles. The summed E-state index contributed by atoms with van der Waals surface area (Å²) in [6.07, 6.45) is 2.16. The quantitative estimate of drug-likeness (QED) is 0.837. The van der Waals surface area contributed by atoms with Crippen LogP contribution in [0.15, 0.2) is 10.9 Å². The summed E-state index contributed by atoms with van der Waals surface area (Å²) in [5.41, 5.74) is 0.908. The summed E-state index contributed by atoms with van der Waals surface area (Å²) < 4.78 is 2.48. The molecule has 7 heteroatoms. The highest BCUT2D eigenvalue weighted by atomic mass is 79.9. The Morgan fingerprint density at radius 3 is 2.68 bits per heavy atom. The van der Waals surface area contributed by atoms with E-state index in [0.717, 1.165) is 34.4 Å². The van der Waals surface area contributed by atoms with Gasteiger partial charge in [-0.3, -0.25) is 0 Å². The Morgan fingerprint density at radius 2 is 2.05 bits per heavy atom. The fraction of sp³-hybridized carbons (Fsp3) is 0.667. The van der Waals surface area contributed by atoms with Crippen LogP contribution in [0.2, 0.25) is 0 Å². The van der Waals surface area contributed by atoms with E-state index in [9.17, 15) is 5.11 Å². The lowest BCUT2D eigenvalue weighted by Gasteiger charge is -2.42. The first-order chi connectivity index (χ1) is 10.3. The van der Waals surface area contributed by atoms with Gasteiger partial charge in [0.2, 0.25) is 0 Å². The van der Waals surface area contributed by atoms with Crippen LogP contribution in [0.1, 0.15) is 27.2 Å². The number of hydrogen-bond donors (Lipinski definition) is 1. The van der Waals surface area contributed by atoms with E-state index in [4.69, 9.17) is 0 Å². The van der Waals surface area contributed by atoms with Gasteiger partial charge in [-0.1, -0.05) is 20.8 Å². The number of aliphatic hydroxyl groups excluding tert-OH is 1. The average molecular weight is 368 g/mol. The third kappa shape index (κ3) is 2.60. The van der Waals surface area contributed by atoms with Gasteiger partial charge in [-0.2, -0.15) is 5.10 Å². The smallest absolute Gasteiger partial charge is 0.164 e. The van der Waals surface area contributed by atoms with Crippen molar-refractivity contribution in [2.24, 2.45) is 18.4 Å². The first-order valence-corrected chi connectivity index (χ1v) is 8.34. The van der Waals surface area contributed by atoms with E-state index in [-0.39, 0.29) is 11.5 Å². The zero-order valence-electron chi connectivity index (χ0n) is 13.4. The van der Waals surface area contributed by atoms with Crippen LogP contribution in [0.4, 0.5) is 5.82 Å². The van der Waals surface area contributed by atoms with Crippen molar-refractivity contribution in [3.05, 3.63) is 10.9 Å². The molecule has 6 nitrogen and oxygen atoms in total. The van der Waals surface area contributed by atoms with Crippen LogP contribution in [0.3, 0.4) is 0 Å². The van der Waals surface area contributed by atoms with E-state index >= 15 is 0 Å². The van der Waals surface area contributed by atoms with Crippen molar-refractivity contribution in [1.82, 2.24) is 19.7 Å². The predicted octanol–water partition coefficient (Wildman–Crippen LogP) is 2.36. The van der Waals surface area contributed by atoms with Crippen LogP contribution in [0, 0.1) is 11.3 Å². The molecular formula is C15H22BrN5O. The standard InChI is InChI=1S/C15H22BrN5O/c1-15(2,3)9-5-6-21(7-10(9)22)14-11-12(16)19-20(4)13(11)17-8-18-14/h8-10,22H,5-7H2,1-4H3/t9-,10-/m1/s1. The molecule has 3 heterocycles. The van der Waals surface area contributed by atoms with Gasteiger partial charge in [0.15, 0.2) is 5.65 Å². The molecule has 22 heavy (non-hydrogen) atoms. The van der Waals surface area contributed by atoms with Crippen LogP contribution in [0.25, 0.3) is 11.0 Å². The normalized spacial score (nSPS) is 23.3. The minimum atomic E-state index is -0.353. The predicted molar refractivity (Wildman–Crippen MR) is 89.8 cm³/mol. The lowest BCUT2D eigenvalue weighted by atomic mass is 9.73. The maximum absolute atomic E-state index is 10.6. The summed E-state index contributed by atoms with van der Waals surface area (Å²) in [7, 11) is 1.87. The lowest BCUT2D eigenvalue weighted by molar-refractivity contribution is 0.0292. The minimum absolute atomic E-state index is 0.112. The Hall–Kier alpha value is -1.21. The van der Waals surface area contributed by atoms with Gasteiger partial charge in [-0.15, -0.1) is 0 Å². The van der Waals surface area contributed by atoms with Crippen LogP contribution < -0.4 is 4.90 Å². The molecule has 1 aliphatic heterocycles. The molecule has 0 bridgehead atoms. The fourth-order valence-electron chi connectivity index (χ4n) is 3.40. The van der Waals surface area contributed by atoms with Crippen LogP contribution in [-0.4, -0.2) is 44.0 Å². The van der Waals surface area contributed by atoms with E-state index in [1.165, 1.54) is 0 Å². The first kappa shape index (κ1) is 15.7. The summed E-state index contributed by atoms with van der Waals surface area (Å²) >= 11 is 3.49. The topological polar surface area (TPSA) is 67.1 Å². The average Bonchev–Trinajstić information content (AvgIpc) is 2.73. The van der Waals surface area contributed by atoms with Gasteiger partial charge in [0.1, 0.15) is 16.7 Å². The van der Waals surface area contributed by atoms with Crippen molar-refractivity contribution in [2.75, 3.05) is 18.0 Å². The molecule has 0 unspecified atom stereocenters. The maximum Gasteiger partial charge on any atom is 0.164 e.